The number of furan rings is 1. The first-order valence-corrected chi connectivity index (χ1v) is 10.4. The minimum atomic E-state index is -0.278. The zero-order valence-electron chi connectivity index (χ0n) is 17.4. The number of carbonyl (C=O) groups excluding carboxylic acids is 1. The van der Waals surface area contributed by atoms with Gasteiger partial charge in [0.1, 0.15) is 11.5 Å². The van der Waals surface area contributed by atoms with Gasteiger partial charge in [0.2, 0.25) is 5.91 Å². The Morgan fingerprint density at radius 1 is 1.21 bits per heavy atom. The minimum Gasteiger partial charge on any atom is -0.494 e. The van der Waals surface area contributed by atoms with Crippen molar-refractivity contribution >= 4 is 17.7 Å². The van der Waals surface area contributed by atoms with Gasteiger partial charge in [0.05, 0.1) is 29.9 Å². The predicted octanol–water partition coefficient (Wildman–Crippen LogP) is 4.24. The summed E-state index contributed by atoms with van der Waals surface area (Å²) in [5, 5.41) is 12.3. The number of nitrogens with zero attached hydrogens (tertiary/aromatic N) is 3. The highest BCUT2D eigenvalue weighted by molar-refractivity contribution is 7.99. The molecule has 3 rings (SSSR count). The predicted molar refractivity (Wildman–Crippen MR) is 114 cm³/mol. The normalized spacial score (nSPS) is 11.5. The molecule has 8 heteroatoms. The lowest BCUT2D eigenvalue weighted by Gasteiger charge is -2.20. The molecule has 7 nitrogen and oxygen atoms in total. The molecular formula is C21H26N4O3S. The van der Waals surface area contributed by atoms with Crippen LogP contribution in [0.15, 0.2) is 46.2 Å². The number of nitrogens with one attached hydrogen (secondary N) is 1. The van der Waals surface area contributed by atoms with Crippen LogP contribution in [0.25, 0.3) is 17.1 Å². The molecular weight excluding hydrogens is 388 g/mol. The van der Waals surface area contributed by atoms with E-state index < -0.39 is 0 Å². The maximum Gasteiger partial charge on any atom is 0.230 e. The third-order valence-electron chi connectivity index (χ3n) is 3.99. The molecule has 1 amide bonds. The molecule has 1 N–H and O–H groups in total. The van der Waals surface area contributed by atoms with E-state index in [9.17, 15) is 4.79 Å². The summed E-state index contributed by atoms with van der Waals surface area (Å²) in [6, 6.07) is 9.58. The molecule has 0 aliphatic heterocycles. The number of aromatic nitrogens is 3. The summed E-state index contributed by atoms with van der Waals surface area (Å²) in [7, 11) is 0. The SMILES string of the molecule is CCOc1ccc(-n2c(SCC(=O)NC(C)(C)C)nnc2-c2ccoc2C)cc1. The van der Waals surface area contributed by atoms with Gasteiger partial charge >= 0.3 is 0 Å². The van der Waals surface area contributed by atoms with Crippen molar-refractivity contribution in [1.29, 1.82) is 0 Å². The average Bonchev–Trinajstić information content (AvgIpc) is 3.25. The molecule has 0 aliphatic carbocycles. The molecule has 0 unspecified atom stereocenters. The van der Waals surface area contributed by atoms with Crippen molar-refractivity contribution in [3.05, 3.63) is 42.4 Å². The Balaban J connectivity index is 1.93. The van der Waals surface area contributed by atoms with Crippen LogP contribution in [-0.2, 0) is 4.79 Å². The van der Waals surface area contributed by atoms with Gasteiger partial charge in [0, 0.05) is 5.54 Å². The number of rotatable bonds is 7. The molecule has 0 saturated carbocycles. The molecule has 0 fully saturated rings. The number of benzene rings is 1. The van der Waals surface area contributed by atoms with Crippen LogP contribution in [0, 0.1) is 6.92 Å². The van der Waals surface area contributed by atoms with Crippen molar-refractivity contribution in [2.24, 2.45) is 0 Å². The summed E-state index contributed by atoms with van der Waals surface area (Å²) < 4.78 is 12.9. The Kier molecular flexibility index (Phi) is 6.32. The summed E-state index contributed by atoms with van der Waals surface area (Å²) in [5.41, 5.74) is 1.46. The van der Waals surface area contributed by atoms with E-state index in [0.29, 0.717) is 17.6 Å². The van der Waals surface area contributed by atoms with Crippen molar-refractivity contribution in [3.8, 4) is 22.8 Å². The van der Waals surface area contributed by atoms with Gasteiger partial charge in [-0.05, 0) is 65.0 Å². The molecule has 0 bridgehead atoms. The maximum atomic E-state index is 12.3. The van der Waals surface area contributed by atoms with E-state index in [0.717, 1.165) is 22.8 Å². The summed E-state index contributed by atoms with van der Waals surface area (Å²) in [6.07, 6.45) is 1.63. The quantitative estimate of drug-likeness (QED) is 0.582. The average molecular weight is 415 g/mol. The molecule has 0 aliphatic rings. The Hall–Kier alpha value is -2.74. The third-order valence-corrected chi connectivity index (χ3v) is 4.91. The fourth-order valence-corrected chi connectivity index (χ4v) is 3.58. The van der Waals surface area contributed by atoms with Gasteiger partial charge in [-0.1, -0.05) is 11.8 Å². The van der Waals surface area contributed by atoms with Crippen LogP contribution in [0.3, 0.4) is 0 Å². The van der Waals surface area contributed by atoms with Gasteiger partial charge in [-0.2, -0.15) is 0 Å². The van der Waals surface area contributed by atoms with Crippen LogP contribution in [0.4, 0.5) is 0 Å². The highest BCUT2D eigenvalue weighted by Crippen LogP contribution is 2.31. The van der Waals surface area contributed by atoms with Gasteiger partial charge < -0.3 is 14.5 Å². The van der Waals surface area contributed by atoms with Crippen molar-refractivity contribution in [2.75, 3.05) is 12.4 Å². The van der Waals surface area contributed by atoms with E-state index in [1.54, 1.807) is 6.26 Å². The fourth-order valence-electron chi connectivity index (χ4n) is 2.83. The molecule has 0 spiro atoms. The van der Waals surface area contributed by atoms with E-state index in [-0.39, 0.29) is 17.2 Å². The number of amides is 1. The fraction of sp³-hybridized carbons (Fsp3) is 0.381. The first kappa shape index (κ1) is 21.0. The lowest BCUT2D eigenvalue weighted by molar-refractivity contribution is -0.119. The number of thioether (sulfide) groups is 1. The second-order valence-corrected chi connectivity index (χ2v) is 8.49. The maximum absolute atomic E-state index is 12.3. The van der Waals surface area contributed by atoms with Gasteiger partial charge in [-0.15, -0.1) is 10.2 Å². The first-order chi connectivity index (χ1) is 13.8. The molecule has 2 heterocycles. The Bertz CT molecular complexity index is 971. The van der Waals surface area contributed by atoms with Crippen LogP contribution in [0.5, 0.6) is 5.75 Å². The van der Waals surface area contributed by atoms with E-state index in [1.807, 2.05) is 69.5 Å². The Labute approximate surface area is 174 Å². The zero-order chi connectivity index (χ0) is 21.0. The third kappa shape index (κ3) is 5.20. The molecule has 1 aromatic carbocycles. The van der Waals surface area contributed by atoms with Crippen LogP contribution >= 0.6 is 11.8 Å². The first-order valence-electron chi connectivity index (χ1n) is 9.45. The monoisotopic (exact) mass is 414 g/mol. The highest BCUT2D eigenvalue weighted by atomic mass is 32.2. The van der Waals surface area contributed by atoms with Crippen LogP contribution in [0.2, 0.25) is 0 Å². The largest absolute Gasteiger partial charge is 0.494 e. The second-order valence-electron chi connectivity index (χ2n) is 7.55. The number of carbonyl (C=O) groups is 1. The van der Waals surface area contributed by atoms with Gasteiger partial charge in [0.15, 0.2) is 11.0 Å². The molecule has 154 valence electrons. The summed E-state index contributed by atoms with van der Waals surface area (Å²) in [4.78, 5) is 12.3. The van der Waals surface area contributed by atoms with Crippen LogP contribution in [0.1, 0.15) is 33.5 Å². The van der Waals surface area contributed by atoms with Crippen molar-refractivity contribution < 1.29 is 13.9 Å². The van der Waals surface area contributed by atoms with Gasteiger partial charge in [0.25, 0.3) is 0 Å². The smallest absolute Gasteiger partial charge is 0.230 e. The van der Waals surface area contributed by atoms with Crippen molar-refractivity contribution in [2.45, 2.75) is 45.3 Å². The zero-order valence-corrected chi connectivity index (χ0v) is 18.2. The molecule has 0 saturated heterocycles. The topological polar surface area (TPSA) is 82.2 Å². The lowest BCUT2D eigenvalue weighted by Crippen LogP contribution is -2.41. The van der Waals surface area contributed by atoms with Crippen LogP contribution in [-0.4, -0.2) is 38.6 Å². The second kappa shape index (κ2) is 8.73. The Morgan fingerprint density at radius 3 is 2.52 bits per heavy atom. The number of aryl methyl sites for hydroxylation is 1. The van der Waals surface area contributed by atoms with Crippen LogP contribution < -0.4 is 10.1 Å². The summed E-state index contributed by atoms with van der Waals surface area (Å²) in [5.74, 6) is 2.41. The molecule has 0 atom stereocenters. The van der Waals surface area contributed by atoms with Crippen molar-refractivity contribution in [1.82, 2.24) is 20.1 Å². The number of ether oxygens (including phenoxy) is 1. The molecule has 2 aromatic heterocycles. The standard InChI is InChI=1S/C21H26N4O3S/c1-6-27-16-9-7-15(8-10-16)25-19(17-11-12-28-14(17)2)23-24-20(25)29-13-18(26)22-21(3,4)5/h7-12H,6,13H2,1-5H3,(H,22,26). The van der Waals surface area contributed by atoms with Crippen molar-refractivity contribution in [3.63, 3.8) is 0 Å². The summed E-state index contributed by atoms with van der Waals surface area (Å²) in [6.45, 7) is 10.3. The lowest BCUT2D eigenvalue weighted by atomic mass is 10.1. The number of hydrogen-bond acceptors (Lipinski definition) is 6. The van der Waals surface area contributed by atoms with Gasteiger partial charge in [-0.3, -0.25) is 9.36 Å². The minimum absolute atomic E-state index is 0.0511. The van der Waals surface area contributed by atoms with E-state index in [1.165, 1.54) is 11.8 Å². The van der Waals surface area contributed by atoms with E-state index in [2.05, 4.69) is 15.5 Å². The van der Waals surface area contributed by atoms with Gasteiger partial charge in [-0.25, -0.2) is 0 Å². The number of hydrogen-bond donors (Lipinski definition) is 1. The molecule has 3 aromatic rings. The van der Waals surface area contributed by atoms with E-state index in [4.69, 9.17) is 9.15 Å². The molecule has 29 heavy (non-hydrogen) atoms. The molecule has 0 radical (unpaired) electrons. The highest BCUT2D eigenvalue weighted by Gasteiger charge is 2.21. The van der Waals surface area contributed by atoms with E-state index >= 15 is 0 Å². The Morgan fingerprint density at radius 2 is 1.93 bits per heavy atom. The summed E-state index contributed by atoms with van der Waals surface area (Å²) >= 11 is 1.34.